The number of hydrogen-bond donors (Lipinski definition) is 1. The van der Waals surface area contributed by atoms with Crippen molar-refractivity contribution in [2.75, 3.05) is 25.5 Å². The molecule has 5 nitrogen and oxygen atoms in total. The van der Waals surface area contributed by atoms with E-state index in [1.807, 2.05) is 19.1 Å². The second kappa shape index (κ2) is 8.48. The van der Waals surface area contributed by atoms with Gasteiger partial charge in [-0.15, -0.1) is 0 Å². The Morgan fingerprint density at radius 3 is 2.52 bits per heavy atom. The number of aryl methyl sites for hydroxylation is 1. The van der Waals surface area contributed by atoms with Crippen LogP contribution in [-0.2, 0) is 9.59 Å². The van der Waals surface area contributed by atoms with Crippen molar-refractivity contribution in [1.82, 2.24) is 4.90 Å². The van der Waals surface area contributed by atoms with Crippen LogP contribution in [0.5, 0.6) is 5.75 Å². The van der Waals surface area contributed by atoms with Crippen LogP contribution in [0.25, 0.3) is 0 Å². The third-order valence-corrected chi connectivity index (χ3v) is 3.68. The summed E-state index contributed by atoms with van der Waals surface area (Å²) < 4.78 is 18.2. The van der Waals surface area contributed by atoms with Crippen LogP contribution in [0.3, 0.4) is 0 Å². The van der Waals surface area contributed by atoms with E-state index in [-0.39, 0.29) is 29.8 Å². The SMILES string of the molecule is Cc1ccc(NC(=O)CN(C)C(=O)COc2ccc(F)cc2Cl)cc1. The molecule has 0 spiro atoms. The maximum absolute atomic E-state index is 13.0. The number of amides is 2. The molecule has 2 rings (SSSR count). The lowest BCUT2D eigenvalue weighted by Crippen LogP contribution is -2.37. The fourth-order valence-corrected chi connectivity index (χ4v) is 2.20. The molecule has 0 aliphatic rings. The summed E-state index contributed by atoms with van der Waals surface area (Å²) >= 11 is 5.82. The summed E-state index contributed by atoms with van der Waals surface area (Å²) in [6.07, 6.45) is 0. The minimum atomic E-state index is -0.492. The van der Waals surface area contributed by atoms with Gasteiger partial charge in [-0.3, -0.25) is 9.59 Å². The molecule has 2 amide bonds. The Morgan fingerprint density at radius 2 is 1.88 bits per heavy atom. The predicted molar refractivity (Wildman–Crippen MR) is 94.4 cm³/mol. The van der Waals surface area contributed by atoms with Gasteiger partial charge in [0.05, 0.1) is 11.6 Å². The van der Waals surface area contributed by atoms with Gasteiger partial charge in [0.1, 0.15) is 11.6 Å². The van der Waals surface area contributed by atoms with Gasteiger partial charge >= 0.3 is 0 Å². The molecule has 132 valence electrons. The minimum Gasteiger partial charge on any atom is -0.482 e. The lowest BCUT2D eigenvalue weighted by Gasteiger charge is -2.17. The molecule has 0 fully saturated rings. The van der Waals surface area contributed by atoms with E-state index in [1.165, 1.54) is 24.1 Å². The maximum atomic E-state index is 13.0. The van der Waals surface area contributed by atoms with E-state index >= 15 is 0 Å². The van der Waals surface area contributed by atoms with Crippen molar-refractivity contribution in [2.24, 2.45) is 0 Å². The lowest BCUT2D eigenvalue weighted by molar-refractivity contribution is -0.135. The van der Waals surface area contributed by atoms with E-state index in [2.05, 4.69) is 5.32 Å². The molecule has 7 heteroatoms. The van der Waals surface area contributed by atoms with Gasteiger partial charge < -0.3 is 15.0 Å². The second-order valence-corrected chi connectivity index (χ2v) is 5.93. The van der Waals surface area contributed by atoms with Gasteiger partial charge in [-0.25, -0.2) is 4.39 Å². The van der Waals surface area contributed by atoms with Gasteiger partial charge in [-0.1, -0.05) is 29.3 Å². The average molecular weight is 365 g/mol. The van der Waals surface area contributed by atoms with Crippen molar-refractivity contribution in [3.63, 3.8) is 0 Å². The summed E-state index contributed by atoms with van der Waals surface area (Å²) in [5, 5.41) is 2.78. The summed E-state index contributed by atoms with van der Waals surface area (Å²) in [5.74, 6) is -1.01. The fourth-order valence-electron chi connectivity index (χ4n) is 1.98. The van der Waals surface area contributed by atoms with Crippen LogP contribution in [-0.4, -0.2) is 36.9 Å². The molecule has 25 heavy (non-hydrogen) atoms. The molecule has 0 unspecified atom stereocenters. The molecule has 2 aromatic carbocycles. The molecular formula is C18H18ClFN2O3. The first kappa shape index (κ1) is 18.7. The van der Waals surface area contributed by atoms with Gasteiger partial charge in [-0.2, -0.15) is 0 Å². The van der Waals surface area contributed by atoms with Crippen molar-refractivity contribution >= 4 is 29.1 Å². The standard InChI is InChI=1S/C18H18ClFN2O3/c1-12-3-6-14(7-4-12)21-17(23)10-22(2)18(24)11-25-16-8-5-13(20)9-15(16)19/h3-9H,10-11H2,1-2H3,(H,21,23). The van der Waals surface area contributed by atoms with Gasteiger partial charge in [0.25, 0.3) is 5.91 Å². The molecule has 0 saturated carbocycles. The maximum Gasteiger partial charge on any atom is 0.260 e. The zero-order chi connectivity index (χ0) is 18.4. The van der Waals surface area contributed by atoms with Gasteiger partial charge in [0.2, 0.25) is 5.91 Å². The fraction of sp³-hybridized carbons (Fsp3) is 0.222. The summed E-state index contributed by atoms with van der Waals surface area (Å²) in [5.41, 5.74) is 1.74. The highest BCUT2D eigenvalue weighted by Gasteiger charge is 2.14. The zero-order valence-electron chi connectivity index (χ0n) is 13.9. The number of carbonyl (C=O) groups is 2. The molecule has 0 heterocycles. The van der Waals surface area contributed by atoms with Gasteiger partial charge in [0.15, 0.2) is 6.61 Å². The van der Waals surface area contributed by atoms with E-state index in [1.54, 1.807) is 12.1 Å². The van der Waals surface area contributed by atoms with E-state index in [0.29, 0.717) is 5.69 Å². The Balaban J connectivity index is 1.82. The highest BCUT2D eigenvalue weighted by atomic mass is 35.5. The quantitative estimate of drug-likeness (QED) is 0.855. The van der Waals surface area contributed by atoms with E-state index in [0.717, 1.165) is 11.6 Å². The molecule has 0 aliphatic heterocycles. The first-order valence-corrected chi connectivity index (χ1v) is 7.91. The second-order valence-electron chi connectivity index (χ2n) is 5.53. The molecular weight excluding hydrogens is 347 g/mol. The Hall–Kier alpha value is -2.60. The van der Waals surface area contributed by atoms with Crippen LogP contribution < -0.4 is 10.1 Å². The van der Waals surface area contributed by atoms with Crippen LogP contribution in [0.1, 0.15) is 5.56 Å². The van der Waals surface area contributed by atoms with Crippen molar-refractivity contribution < 1.29 is 18.7 Å². The number of nitrogens with one attached hydrogen (secondary N) is 1. The van der Waals surface area contributed by atoms with Gasteiger partial charge in [0, 0.05) is 12.7 Å². The van der Waals surface area contributed by atoms with Crippen LogP contribution >= 0.6 is 11.6 Å². The molecule has 0 aromatic heterocycles. The molecule has 0 atom stereocenters. The highest BCUT2D eigenvalue weighted by Crippen LogP contribution is 2.24. The monoisotopic (exact) mass is 364 g/mol. The number of benzene rings is 2. The number of rotatable bonds is 6. The number of ether oxygens (including phenoxy) is 1. The minimum absolute atomic E-state index is 0.0765. The largest absolute Gasteiger partial charge is 0.482 e. The average Bonchev–Trinajstić information content (AvgIpc) is 2.55. The van der Waals surface area contributed by atoms with Crippen LogP contribution in [0.2, 0.25) is 5.02 Å². The zero-order valence-corrected chi connectivity index (χ0v) is 14.6. The summed E-state index contributed by atoms with van der Waals surface area (Å²) in [4.78, 5) is 25.2. The number of halogens is 2. The molecule has 0 aliphatic carbocycles. The predicted octanol–water partition coefficient (Wildman–Crippen LogP) is 3.26. The van der Waals surface area contributed by atoms with Crippen molar-refractivity contribution in [1.29, 1.82) is 0 Å². The van der Waals surface area contributed by atoms with Crippen LogP contribution in [0.4, 0.5) is 10.1 Å². The van der Waals surface area contributed by atoms with E-state index in [4.69, 9.17) is 16.3 Å². The Kier molecular flexibility index (Phi) is 6.36. The van der Waals surface area contributed by atoms with E-state index in [9.17, 15) is 14.0 Å². The number of anilines is 1. The highest BCUT2D eigenvalue weighted by molar-refractivity contribution is 6.32. The third kappa shape index (κ3) is 5.76. The van der Waals surface area contributed by atoms with E-state index < -0.39 is 11.7 Å². The summed E-state index contributed by atoms with van der Waals surface area (Å²) in [7, 11) is 1.49. The smallest absolute Gasteiger partial charge is 0.260 e. The van der Waals surface area contributed by atoms with Crippen LogP contribution in [0.15, 0.2) is 42.5 Å². The molecule has 2 aromatic rings. The number of hydrogen-bond acceptors (Lipinski definition) is 3. The Bertz CT molecular complexity index is 765. The lowest BCUT2D eigenvalue weighted by atomic mass is 10.2. The molecule has 1 N–H and O–H groups in total. The molecule has 0 bridgehead atoms. The van der Waals surface area contributed by atoms with Crippen molar-refractivity contribution in [3.8, 4) is 5.75 Å². The third-order valence-electron chi connectivity index (χ3n) is 3.39. The van der Waals surface area contributed by atoms with Gasteiger partial charge in [-0.05, 0) is 37.3 Å². The normalized spacial score (nSPS) is 10.2. The van der Waals surface area contributed by atoms with Crippen molar-refractivity contribution in [2.45, 2.75) is 6.92 Å². The van der Waals surface area contributed by atoms with Crippen LogP contribution in [0, 0.1) is 12.7 Å². The first-order valence-electron chi connectivity index (χ1n) is 7.53. The Morgan fingerprint density at radius 1 is 1.20 bits per heavy atom. The Labute approximate surface area is 150 Å². The number of nitrogens with zero attached hydrogens (tertiary/aromatic N) is 1. The number of likely N-dealkylation sites (N-methyl/N-ethyl adjacent to an activating group) is 1. The summed E-state index contributed by atoms with van der Waals surface area (Å²) in [6, 6.07) is 11.0. The van der Waals surface area contributed by atoms with Crippen molar-refractivity contribution in [3.05, 3.63) is 58.9 Å². The topological polar surface area (TPSA) is 58.6 Å². The molecule has 0 radical (unpaired) electrons. The number of carbonyl (C=O) groups excluding carboxylic acids is 2. The first-order chi connectivity index (χ1) is 11.8. The molecule has 0 saturated heterocycles. The summed E-state index contributed by atoms with van der Waals surface area (Å²) in [6.45, 7) is 1.53.